The third kappa shape index (κ3) is 4.10. The number of piperidine rings is 1. The van der Waals surface area contributed by atoms with Crippen LogP contribution in [0.3, 0.4) is 0 Å². The predicted octanol–water partition coefficient (Wildman–Crippen LogP) is 0.663. The summed E-state index contributed by atoms with van der Waals surface area (Å²) >= 11 is 3.50. The molecule has 1 heterocycles. The number of hydrogen-bond acceptors (Lipinski definition) is 3. The fourth-order valence-electron chi connectivity index (χ4n) is 1.56. The zero-order valence-electron chi connectivity index (χ0n) is 8.94. The second-order valence-corrected chi connectivity index (χ2v) is 7.51. The molecule has 0 aromatic heterocycles. The topological polar surface area (TPSA) is 54.5 Å². The molecule has 0 aromatic carbocycles. The van der Waals surface area contributed by atoms with Gasteiger partial charge >= 0.3 is 0 Å². The molecule has 6 heteroatoms. The summed E-state index contributed by atoms with van der Waals surface area (Å²) in [5.74, 6) is -0.123. The first-order chi connectivity index (χ1) is 6.79. The van der Waals surface area contributed by atoms with Crippen LogP contribution in [0.2, 0.25) is 0 Å². The average molecular weight is 298 g/mol. The third-order valence-corrected chi connectivity index (χ3v) is 4.57. The van der Waals surface area contributed by atoms with Crippen molar-refractivity contribution in [2.75, 3.05) is 25.1 Å². The van der Waals surface area contributed by atoms with Gasteiger partial charge in [-0.15, -0.1) is 0 Å². The monoisotopic (exact) mass is 297 g/mol. The minimum atomic E-state index is -3.21. The van der Waals surface area contributed by atoms with E-state index >= 15 is 0 Å². The number of likely N-dealkylation sites (tertiary alicyclic amines) is 1. The Kier molecular flexibility index (Phi) is 4.17. The number of nitrogens with zero attached hydrogens (tertiary/aromatic N) is 1. The molecule has 1 rings (SSSR count). The fourth-order valence-corrected chi connectivity index (χ4v) is 2.81. The van der Waals surface area contributed by atoms with Crippen LogP contribution in [0.15, 0.2) is 0 Å². The lowest BCUT2D eigenvalue weighted by Gasteiger charge is -2.34. The van der Waals surface area contributed by atoms with Crippen LogP contribution in [0.4, 0.5) is 0 Å². The predicted molar refractivity (Wildman–Crippen MR) is 62.8 cm³/mol. The second-order valence-electron chi connectivity index (χ2n) is 4.19. The van der Waals surface area contributed by atoms with Crippen LogP contribution in [-0.2, 0) is 14.6 Å². The van der Waals surface area contributed by atoms with Gasteiger partial charge in [0.15, 0.2) is 9.84 Å². The van der Waals surface area contributed by atoms with Gasteiger partial charge in [-0.1, -0.05) is 22.9 Å². The summed E-state index contributed by atoms with van der Waals surface area (Å²) in [6, 6.07) is 0. The van der Waals surface area contributed by atoms with Crippen LogP contribution in [0.25, 0.3) is 0 Å². The Hall–Kier alpha value is -0.100. The molecule has 2 atom stereocenters. The lowest BCUT2D eigenvalue weighted by molar-refractivity contribution is -0.129. The van der Waals surface area contributed by atoms with E-state index in [2.05, 4.69) is 22.9 Å². The molecular formula is C9H16BrNO3S. The number of rotatable bonds is 2. The van der Waals surface area contributed by atoms with Crippen molar-refractivity contribution in [3.05, 3.63) is 0 Å². The number of sulfone groups is 1. The Morgan fingerprint density at radius 1 is 1.53 bits per heavy atom. The maximum Gasteiger partial charge on any atom is 0.237 e. The van der Waals surface area contributed by atoms with Gasteiger partial charge in [-0.05, 0) is 12.3 Å². The Morgan fingerprint density at radius 3 is 2.60 bits per heavy atom. The van der Waals surface area contributed by atoms with E-state index in [1.54, 1.807) is 4.90 Å². The third-order valence-electron chi connectivity index (χ3n) is 2.60. The maximum atomic E-state index is 11.6. The molecule has 0 aromatic rings. The second kappa shape index (κ2) is 4.82. The van der Waals surface area contributed by atoms with E-state index in [0.29, 0.717) is 19.0 Å². The minimum Gasteiger partial charge on any atom is -0.341 e. The van der Waals surface area contributed by atoms with Crippen molar-refractivity contribution < 1.29 is 13.2 Å². The van der Waals surface area contributed by atoms with Gasteiger partial charge in [0, 0.05) is 24.2 Å². The zero-order valence-corrected chi connectivity index (χ0v) is 11.3. The number of halogens is 1. The molecule has 1 saturated heterocycles. The molecule has 1 aliphatic heterocycles. The van der Waals surface area contributed by atoms with Crippen LogP contribution in [0, 0.1) is 5.92 Å². The van der Waals surface area contributed by atoms with E-state index in [9.17, 15) is 13.2 Å². The Bertz CT molecular complexity index is 341. The number of alkyl halides is 1. The summed E-state index contributed by atoms with van der Waals surface area (Å²) in [5, 5.41) is 0. The van der Waals surface area contributed by atoms with E-state index < -0.39 is 9.84 Å². The average Bonchev–Trinajstić information content (AvgIpc) is 2.06. The van der Waals surface area contributed by atoms with Crippen LogP contribution >= 0.6 is 15.9 Å². The summed E-state index contributed by atoms with van der Waals surface area (Å²) in [6.07, 6.45) is 2.01. The standard InChI is InChI=1S/C9H16BrNO3S/c1-7-3-4-11(5-8(7)10)9(12)6-15(2,13)14/h7-8H,3-6H2,1-2H3. The molecule has 0 radical (unpaired) electrons. The fraction of sp³-hybridized carbons (Fsp3) is 0.889. The van der Waals surface area contributed by atoms with Crippen molar-refractivity contribution in [3.63, 3.8) is 0 Å². The van der Waals surface area contributed by atoms with Crippen molar-refractivity contribution >= 4 is 31.7 Å². The first-order valence-corrected chi connectivity index (χ1v) is 7.87. The van der Waals surface area contributed by atoms with E-state index in [-0.39, 0.29) is 16.5 Å². The first kappa shape index (κ1) is 13.0. The van der Waals surface area contributed by atoms with Crippen molar-refractivity contribution in [2.45, 2.75) is 18.2 Å². The van der Waals surface area contributed by atoms with Gasteiger partial charge in [0.05, 0.1) is 0 Å². The van der Waals surface area contributed by atoms with Crippen LogP contribution in [-0.4, -0.2) is 49.2 Å². The summed E-state index contributed by atoms with van der Waals surface area (Å²) in [6.45, 7) is 3.39. The molecular weight excluding hydrogens is 282 g/mol. The minimum absolute atomic E-state index is 0.273. The van der Waals surface area contributed by atoms with Crippen molar-refractivity contribution in [3.8, 4) is 0 Å². The molecule has 15 heavy (non-hydrogen) atoms. The molecule has 1 fully saturated rings. The van der Waals surface area contributed by atoms with Gasteiger partial charge in [0.25, 0.3) is 0 Å². The zero-order chi connectivity index (χ0) is 11.6. The number of hydrogen-bond donors (Lipinski definition) is 0. The lowest BCUT2D eigenvalue weighted by atomic mass is 9.99. The van der Waals surface area contributed by atoms with Crippen molar-refractivity contribution in [1.82, 2.24) is 4.90 Å². The maximum absolute atomic E-state index is 11.6. The molecule has 0 N–H and O–H groups in total. The van der Waals surface area contributed by atoms with Gasteiger partial charge < -0.3 is 4.90 Å². The summed E-state index contributed by atoms with van der Waals surface area (Å²) in [4.78, 5) is 13.5. The normalized spacial score (nSPS) is 27.8. The molecule has 0 saturated carbocycles. The van der Waals surface area contributed by atoms with Crippen molar-refractivity contribution in [2.24, 2.45) is 5.92 Å². The van der Waals surface area contributed by atoms with Crippen LogP contribution in [0.1, 0.15) is 13.3 Å². The van der Waals surface area contributed by atoms with E-state index in [4.69, 9.17) is 0 Å². The molecule has 0 aliphatic carbocycles. The van der Waals surface area contributed by atoms with Gasteiger partial charge in [-0.2, -0.15) is 0 Å². The smallest absolute Gasteiger partial charge is 0.237 e. The van der Waals surface area contributed by atoms with Gasteiger partial charge in [-0.3, -0.25) is 4.79 Å². The molecule has 88 valence electrons. The van der Waals surface area contributed by atoms with Crippen LogP contribution < -0.4 is 0 Å². The van der Waals surface area contributed by atoms with Gasteiger partial charge in [-0.25, -0.2) is 8.42 Å². The molecule has 0 spiro atoms. The van der Waals surface area contributed by atoms with E-state index in [1.165, 1.54) is 0 Å². The largest absolute Gasteiger partial charge is 0.341 e. The summed E-state index contributed by atoms with van der Waals surface area (Å²) in [5.41, 5.74) is 0. The highest BCUT2D eigenvalue weighted by Gasteiger charge is 2.28. The lowest BCUT2D eigenvalue weighted by Crippen LogP contribution is -2.45. The Balaban J connectivity index is 2.55. The molecule has 2 unspecified atom stereocenters. The Labute approximate surface area is 99.1 Å². The highest BCUT2D eigenvalue weighted by Crippen LogP contribution is 2.23. The Morgan fingerprint density at radius 2 is 2.13 bits per heavy atom. The SMILES string of the molecule is CC1CCN(C(=O)CS(C)(=O)=O)CC1Br. The summed E-state index contributed by atoms with van der Waals surface area (Å²) in [7, 11) is -3.21. The highest BCUT2D eigenvalue weighted by molar-refractivity contribution is 9.09. The van der Waals surface area contributed by atoms with Crippen LogP contribution in [0.5, 0.6) is 0 Å². The highest BCUT2D eigenvalue weighted by atomic mass is 79.9. The number of carbonyl (C=O) groups is 1. The van der Waals surface area contributed by atoms with E-state index in [1.807, 2.05) is 0 Å². The van der Waals surface area contributed by atoms with E-state index in [0.717, 1.165) is 12.7 Å². The first-order valence-electron chi connectivity index (χ1n) is 4.89. The van der Waals surface area contributed by atoms with Gasteiger partial charge in [0.1, 0.15) is 5.75 Å². The van der Waals surface area contributed by atoms with Crippen molar-refractivity contribution in [1.29, 1.82) is 0 Å². The number of amides is 1. The van der Waals surface area contributed by atoms with Gasteiger partial charge in [0.2, 0.25) is 5.91 Å². The molecule has 1 aliphatic rings. The number of carbonyl (C=O) groups excluding carboxylic acids is 1. The summed E-state index contributed by atoms with van der Waals surface area (Å²) < 4.78 is 21.9. The quantitative estimate of drug-likeness (QED) is 0.704. The molecule has 4 nitrogen and oxygen atoms in total. The molecule has 0 bridgehead atoms. The molecule has 1 amide bonds.